The molecule has 1 unspecified atom stereocenters. The summed E-state index contributed by atoms with van der Waals surface area (Å²) in [4.78, 5) is 17.6. The highest BCUT2D eigenvalue weighted by molar-refractivity contribution is 14.0. The van der Waals surface area contributed by atoms with E-state index in [0.29, 0.717) is 37.9 Å². The molecule has 1 saturated carbocycles. The summed E-state index contributed by atoms with van der Waals surface area (Å²) in [7, 11) is -1.49. The van der Waals surface area contributed by atoms with E-state index in [1.165, 1.54) is 6.42 Å². The maximum atomic E-state index is 12.0. The molecule has 2 rings (SSSR count). The van der Waals surface area contributed by atoms with Gasteiger partial charge < -0.3 is 15.5 Å². The number of likely N-dealkylation sites (N-methyl/N-ethyl adjacent to an activating group) is 1. The summed E-state index contributed by atoms with van der Waals surface area (Å²) in [6.45, 7) is 4.04. The maximum Gasteiger partial charge on any atom is 0.222 e. The highest BCUT2D eigenvalue weighted by Gasteiger charge is 2.23. The predicted octanol–water partition coefficient (Wildman–Crippen LogP) is 0.500. The number of carbonyl (C=O) groups excluding carboxylic acids is 1. The number of halogens is 1. The quantitative estimate of drug-likeness (QED) is 0.256. The van der Waals surface area contributed by atoms with Crippen LogP contribution in [0.5, 0.6) is 0 Å². The van der Waals surface area contributed by atoms with Gasteiger partial charge >= 0.3 is 0 Å². The first-order valence-electron chi connectivity index (χ1n) is 9.15. The number of guanidine groups is 1. The number of amides is 1. The number of hydrogen-bond acceptors (Lipinski definition) is 4. The van der Waals surface area contributed by atoms with Crippen molar-refractivity contribution in [1.82, 2.24) is 20.3 Å². The van der Waals surface area contributed by atoms with Crippen LogP contribution in [0.4, 0.5) is 0 Å². The Balaban J connectivity index is 0.00000338. The van der Waals surface area contributed by atoms with E-state index in [9.17, 15) is 13.2 Å². The van der Waals surface area contributed by atoms with Crippen molar-refractivity contribution in [2.45, 2.75) is 45.1 Å². The third kappa shape index (κ3) is 7.95. The standard InChI is InChI=1S/C16H31N5O3S.HI/c1-3-17-16(20-14-7-8-15(22)21(2)12-14)18-9-10-25(23,24)19-11-13-5-4-6-13;/h13-14,19H,3-12H2,1-2H3,(H2,17,18,20);1H. The fourth-order valence-electron chi connectivity index (χ4n) is 2.93. The third-order valence-electron chi connectivity index (χ3n) is 4.76. The molecule has 1 heterocycles. The van der Waals surface area contributed by atoms with Gasteiger partial charge in [0.2, 0.25) is 15.9 Å². The van der Waals surface area contributed by atoms with Gasteiger partial charge in [-0.25, -0.2) is 13.1 Å². The summed E-state index contributed by atoms with van der Waals surface area (Å²) >= 11 is 0. The second-order valence-corrected chi connectivity index (χ2v) is 8.81. The smallest absolute Gasteiger partial charge is 0.222 e. The summed E-state index contributed by atoms with van der Waals surface area (Å²) in [6, 6.07) is 0.133. The lowest BCUT2D eigenvalue weighted by Gasteiger charge is -2.31. The summed E-state index contributed by atoms with van der Waals surface area (Å²) < 4.78 is 26.7. The molecule has 26 heavy (non-hydrogen) atoms. The van der Waals surface area contributed by atoms with Gasteiger partial charge in [-0.15, -0.1) is 24.0 Å². The third-order valence-corrected chi connectivity index (χ3v) is 6.08. The average molecular weight is 501 g/mol. The van der Waals surface area contributed by atoms with Gasteiger partial charge in [0.05, 0.1) is 12.3 Å². The molecule has 0 spiro atoms. The maximum absolute atomic E-state index is 12.0. The van der Waals surface area contributed by atoms with E-state index in [-0.39, 0.29) is 48.2 Å². The number of likely N-dealkylation sites (tertiary alicyclic amines) is 1. The monoisotopic (exact) mass is 501 g/mol. The molecule has 152 valence electrons. The number of piperidine rings is 1. The number of hydrogen-bond donors (Lipinski definition) is 3. The molecule has 0 aromatic heterocycles. The minimum Gasteiger partial charge on any atom is -0.357 e. The van der Waals surface area contributed by atoms with Gasteiger partial charge in [0.25, 0.3) is 0 Å². The SMILES string of the molecule is CCNC(=NCCS(=O)(=O)NCC1CCC1)NC1CCC(=O)N(C)C1.I. The van der Waals surface area contributed by atoms with Crippen molar-refractivity contribution in [3.05, 3.63) is 0 Å². The van der Waals surface area contributed by atoms with Gasteiger partial charge in [0.15, 0.2) is 5.96 Å². The van der Waals surface area contributed by atoms with Crippen molar-refractivity contribution in [2.24, 2.45) is 10.9 Å². The lowest BCUT2D eigenvalue weighted by Crippen LogP contribution is -2.51. The van der Waals surface area contributed by atoms with Gasteiger partial charge in [-0.3, -0.25) is 9.79 Å². The first kappa shape index (κ1) is 23.4. The Morgan fingerprint density at radius 1 is 1.31 bits per heavy atom. The number of rotatable bonds is 8. The predicted molar refractivity (Wildman–Crippen MR) is 114 cm³/mol. The molecule has 8 nitrogen and oxygen atoms in total. The van der Waals surface area contributed by atoms with E-state index in [0.717, 1.165) is 19.3 Å². The Morgan fingerprint density at radius 3 is 2.62 bits per heavy atom. The molecule has 1 saturated heterocycles. The van der Waals surface area contributed by atoms with Gasteiger partial charge in [-0.2, -0.15) is 0 Å². The highest BCUT2D eigenvalue weighted by Crippen LogP contribution is 2.25. The molecule has 1 aliphatic heterocycles. The Hall–Kier alpha value is -0.620. The van der Waals surface area contributed by atoms with Crippen LogP contribution in [0.1, 0.15) is 39.0 Å². The highest BCUT2D eigenvalue weighted by atomic mass is 127. The molecule has 1 atom stereocenters. The molecular formula is C16H32IN5O3S. The minimum absolute atomic E-state index is 0. The average Bonchev–Trinajstić information content (AvgIpc) is 2.49. The fraction of sp³-hybridized carbons (Fsp3) is 0.875. The van der Waals surface area contributed by atoms with Crippen molar-refractivity contribution < 1.29 is 13.2 Å². The van der Waals surface area contributed by atoms with Crippen molar-refractivity contribution in [1.29, 1.82) is 0 Å². The van der Waals surface area contributed by atoms with Gasteiger partial charge in [-0.1, -0.05) is 6.42 Å². The summed E-state index contributed by atoms with van der Waals surface area (Å²) in [5.41, 5.74) is 0. The molecule has 3 N–H and O–H groups in total. The van der Waals surface area contributed by atoms with Crippen LogP contribution in [-0.4, -0.2) is 70.2 Å². The first-order valence-corrected chi connectivity index (χ1v) is 10.8. The van der Waals surface area contributed by atoms with Crippen molar-refractivity contribution in [3.63, 3.8) is 0 Å². The zero-order valence-electron chi connectivity index (χ0n) is 15.7. The Morgan fingerprint density at radius 2 is 2.04 bits per heavy atom. The molecule has 0 aromatic carbocycles. The van der Waals surface area contributed by atoms with Crippen molar-refractivity contribution >= 4 is 45.9 Å². The van der Waals surface area contributed by atoms with Crippen LogP contribution in [0, 0.1) is 5.92 Å². The molecular weight excluding hydrogens is 469 g/mol. The molecule has 0 bridgehead atoms. The van der Waals surface area contributed by atoms with Crippen LogP contribution in [-0.2, 0) is 14.8 Å². The lowest BCUT2D eigenvalue weighted by atomic mass is 9.86. The topological polar surface area (TPSA) is 103 Å². The molecule has 2 fully saturated rings. The van der Waals surface area contributed by atoms with Crippen LogP contribution >= 0.6 is 24.0 Å². The summed E-state index contributed by atoms with van der Waals surface area (Å²) in [5, 5.41) is 6.42. The summed E-state index contributed by atoms with van der Waals surface area (Å²) in [5.74, 6) is 1.25. The number of nitrogens with one attached hydrogen (secondary N) is 3. The molecule has 1 aliphatic carbocycles. The van der Waals surface area contributed by atoms with Crippen molar-refractivity contribution in [2.75, 3.05) is 39.0 Å². The zero-order valence-corrected chi connectivity index (χ0v) is 18.8. The van der Waals surface area contributed by atoms with Crippen LogP contribution < -0.4 is 15.4 Å². The molecule has 1 amide bonds. The number of sulfonamides is 1. The van der Waals surface area contributed by atoms with Crippen LogP contribution in [0.15, 0.2) is 4.99 Å². The molecule has 10 heteroatoms. The van der Waals surface area contributed by atoms with E-state index in [2.05, 4.69) is 20.3 Å². The molecule has 2 aliphatic rings. The minimum atomic E-state index is -3.28. The molecule has 0 radical (unpaired) electrons. The first-order chi connectivity index (χ1) is 11.9. The van der Waals surface area contributed by atoms with Gasteiger partial charge in [0, 0.05) is 39.1 Å². The van der Waals surface area contributed by atoms with Gasteiger partial charge in [0.1, 0.15) is 0 Å². The van der Waals surface area contributed by atoms with Crippen LogP contribution in [0.3, 0.4) is 0 Å². The van der Waals surface area contributed by atoms with Gasteiger partial charge in [-0.05, 0) is 32.1 Å². The lowest BCUT2D eigenvalue weighted by molar-refractivity contribution is -0.132. The number of aliphatic imine (C=N–C) groups is 1. The van der Waals surface area contributed by atoms with E-state index in [4.69, 9.17) is 0 Å². The second kappa shape index (κ2) is 11.3. The van der Waals surface area contributed by atoms with E-state index >= 15 is 0 Å². The summed E-state index contributed by atoms with van der Waals surface area (Å²) in [6.07, 6.45) is 4.72. The Bertz CT molecular complexity index is 580. The molecule has 0 aromatic rings. The van der Waals surface area contributed by atoms with E-state index in [1.807, 2.05) is 6.92 Å². The fourth-order valence-corrected chi connectivity index (χ4v) is 3.90. The number of carbonyl (C=O) groups is 1. The largest absolute Gasteiger partial charge is 0.357 e. The zero-order chi connectivity index (χ0) is 18.3. The Labute approximate surface area is 174 Å². The van der Waals surface area contributed by atoms with Crippen molar-refractivity contribution in [3.8, 4) is 0 Å². The normalized spacial score (nSPS) is 21.8. The Kier molecular flexibility index (Phi) is 10.2. The van der Waals surface area contributed by atoms with Crippen LogP contribution in [0.25, 0.3) is 0 Å². The second-order valence-electron chi connectivity index (χ2n) is 6.88. The van der Waals surface area contributed by atoms with E-state index in [1.54, 1.807) is 11.9 Å². The van der Waals surface area contributed by atoms with Crippen LogP contribution in [0.2, 0.25) is 0 Å². The number of nitrogens with zero attached hydrogens (tertiary/aromatic N) is 2. The van der Waals surface area contributed by atoms with E-state index < -0.39 is 10.0 Å².